The second-order valence-corrected chi connectivity index (χ2v) is 2.51. The summed E-state index contributed by atoms with van der Waals surface area (Å²) in [5.41, 5.74) is 0. The van der Waals surface area contributed by atoms with Crippen molar-refractivity contribution >= 4 is 5.97 Å². The molecule has 0 saturated heterocycles. The Balaban J connectivity index is 2.56. The Morgan fingerprint density at radius 1 is 1.75 bits per heavy atom. The molecule has 4 nitrogen and oxygen atoms in total. The standard InChI is InChI=1S/C8H12N2O2/c1-2-7-9-4-6-10(7)5-3-8(11)12/h4,6H,2-3,5H2,1H3,(H,11,12)/p-1. The minimum absolute atomic E-state index is 0.0450. The molecule has 0 fully saturated rings. The molecule has 0 saturated carbocycles. The molecule has 0 aliphatic heterocycles. The first kappa shape index (κ1) is 8.77. The second-order valence-electron chi connectivity index (χ2n) is 2.51. The summed E-state index contributed by atoms with van der Waals surface area (Å²) >= 11 is 0. The molecule has 0 aromatic carbocycles. The minimum Gasteiger partial charge on any atom is -0.550 e. The Kier molecular flexibility index (Phi) is 2.85. The maximum atomic E-state index is 10.1. The third-order valence-corrected chi connectivity index (χ3v) is 1.67. The van der Waals surface area contributed by atoms with Gasteiger partial charge < -0.3 is 14.5 Å². The molecule has 4 heteroatoms. The van der Waals surface area contributed by atoms with Gasteiger partial charge in [-0.3, -0.25) is 0 Å². The van der Waals surface area contributed by atoms with E-state index < -0.39 is 5.97 Å². The van der Waals surface area contributed by atoms with Crippen LogP contribution in [0.5, 0.6) is 0 Å². The summed E-state index contributed by atoms with van der Waals surface area (Å²) in [5.74, 6) is -0.109. The molecule has 0 N–H and O–H groups in total. The van der Waals surface area contributed by atoms with Gasteiger partial charge in [0.1, 0.15) is 5.82 Å². The smallest absolute Gasteiger partial charge is 0.108 e. The number of carboxylic acid groups (broad SMARTS) is 1. The first-order valence-corrected chi connectivity index (χ1v) is 3.94. The van der Waals surface area contributed by atoms with Gasteiger partial charge in [-0.25, -0.2) is 4.98 Å². The van der Waals surface area contributed by atoms with Crippen LogP contribution in [-0.4, -0.2) is 15.5 Å². The van der Waals surface area contributed by atoms with Gasteiger partial charge in [0.15, 0.2) is 0 Å². The predicted molar refractivity (Wildman–Crippen MR) is 41.2 cm³/mol. The maximum Gasteiger partial charge on any atom is 0.108 e. The van der Waals surface area contributed by atoms with Crippen LogP contribution in [0, 0.1) is 0 Å². The summed E-state index contributed by atoms with van der Waals surface area (Å²) in [5, 5.41) is 10.1. The maximum absolute atomic E-state index is 10.1. The SMILES string of the molecule is CCc1nccn1CCC(=O)[O-]. The van der Waals surface area contributed by atoms with Gasteiger partial charge in [0.05, 0.1) is 0 Å². The fourth-order valence-electron chi connectivity index (χ4n) is 1.07. The summed E-state index contributed by atoms with van der Waals surface area (Å²) in [6.07, 6.45) is 4.32. The van der Waals surface area contributed by atoms with Crippen molar-refractivity contribution in [1.82, 2.24) is 9.55 Å². The highest BCUT2D eigenvalue weighted by atomic mass is 16.4. The number of nitrogens with zero attached hydrogens (tertiary/aromatic N) is 2. The van der Waals surface area contributed by atoms with Crippen LogP contribution < -0.4 is 5.11 Å². The van der Waals surface area contributed by atoms with Crippen LogP contribution in [0.4, 0.5) is 0 Å². The number of carbonyl (C=O) groups excluding carboxylic acids is 1. The van der Waals surface area contributed by atoms with Crippen LogP contribution in [-0.2, 0) is 17.8 Å². The van der Waals surface area contributed by atoms with Crippen LogP contribution >= 0.6 is 0 Å². The van der Waals surface area contributed by atoms with Crippen LogP contribution in [0.15, 0.2) is 12.4 Å². The van der Waals surface area contributed by atoms with E-state index in [-0.39, 0.29) is 6.42 Å². The van der Waals surface area contributed by atoms with E-state index in [0.717, 1.165) is 12.2 Å². The summed E-state index contributed by atoms with van der Waals surface area (Å²) in [7, 11) is 0. The van der Waals surface area contributed by atoms with Crippen LogP contribution in [0.3, 0.4) is 0 Å². The van der Waals surface area contributed by atoms with E-state index in [1.165, 1.54) is 0 Å². The lowest BCUT2D eigenvalue weighted by molar-refractivity contribution is -0.305. The van der Waals surface area contributed by atoms with Crippen molar-refractivity contribution in [2.24, 2.45) is 0 Å². The van der Waals surface area contributed by atoms with Crippen LogP contribution in [0.1, 0.15) is 19.2 Å². The average Bonchev–Trinajstić information content (AvgIpc) is 2.47. The van der Waals surface area contributed by atoms with Crippen molar-refractivity contribution in [3.05, 3.63) is 18.2 Å². The number of aryl methyl sites for hydroxylation is 2. The Bertz CT molecular complexity index is 268. The van der Waals surface area contributed by atoms with Crippen LogP contribution in [0.25, 0.3) is 0 Å². The van der Waals surface area contributed by atoms with Gasteiger partial charge in [-0.1, -0.05) is 6.92 Å². The largest absolute Gasteiger partial charge is 0.550 e. The van der Waals surface area contributed by atoms with Gasteiger partial charge in [0.2, 0.25) is 0 Å². The highest BCUT2D eigenvalue weighted by molar-refractivity contribution is 5.64. The Labute approximate surface area is 70.9 Å². The zero-order chi connectivity index (χ0) is 8.97. The fourth-order valence-corrected chi connectivity index (χ4v) is 1.07. The van der Waals surface area contributed by atoms with Crippen molar-refractivity contribution in [2.75, 3.05) is 0 Å². The van der Waals surface area contributed by atoms with Gasteiger partial charge in [-0.15, -0.1) is 0 Å². The lowest BCUT2D eigenvalue weighted by Crippen LogP contribution is -2.23. The van der Waals surface area contributed by atoms with E-state index in [0.29, 0.717) is 6.54 Å². The van der Waals surface area contributed by atoms with E-state index in [1.54, 1.807) is 12.4 Å². The number of aliphatic carboxylic acids is 1. The lowest BCUT2D eigenvalue weighted by Gasteiger charge is -2.05. The zero-order valence-electron chi connectivity index (χ0n) is 6.99. The normalized spacial score (nSPS) is 10.1. The Morgan fingerprint density at radius 3 is 3.08 bits per heavy atom. The highest BCUT2D eigenvalue weighted by Crippen LogP contribution is 1.99. The number of hydrogen-bond donors (Lipinski definition) is 0. The van der Waals surface area contributed by atoms with Crippen molar-refractivity contribution in [1.29, 1.82) is 0 Å². The molecule has 1 aromatic rings. The summed E-state index contributed by atoms with van der Waals surface area (Å²) in [4.78, 5) is 14.2. The summed E-state index contributed by atoms with van der Waals surface area (Å²) < 4.78 is 1.83. The zero-order valence-corrected chi connectivity index (χ0v) is 6.99. The lowest BCUT2D eigenvalue weighted by atomic mass is 10.4. The van der Waals surface area contributed by atoms with Crippen molar-refractivity contribution in [3.63, 3.8) is 0 Å². The molecule has 0 aliphatic carbocycles. The molecule has 0 radical (unpaired) electrons. The van der Waals surface area contributed by atoms with Crippen molar-refractivity contribution in [2.45, 2.75) is 26.3 Å². The highest BCUT2D eigenvalue weighted by Gasteiger charge is 1.98. The monoisotopic (exact) mass is 167 g/mol. The van der Waals surface area contributed by atoms with Gasteiger partial charge in [0, 0.05) is 37.7 Å². The molecule has 12 heavy (non-hydrogen) atoms. The number of carbonyl (C=O) groups is 1. The molecule has 1 heterocycles. The van der Waals surface area contributed by atoms with E-state index >= 15 is 0 Å². The number of rotatable bonds is 4. The van der Waals surface area contributed by atoms with E-state index in [2.05, 4.69) is 4.98 Å². The van der Waals surface area contributed by atoms with Gasteiger partial charge in [-0.05, 0) is 0 Å². The molecule has 0 atom stereocenters. The molecule has 0 aliphatic rings. The summed E-state index contributed by atoms with van der Waals surface area (Å²) in [6.45, 7) is 2.43. The molecule has 0 bridgehead atoms. The molecule has 66 valence electrons. The quantitative estimate of drug-likeness (QED) is 0.612. The predicted octanol–water partition coefficient (Wildman–Crippen LogP) is -0.415. The van der Waals surface area contributed by atoms with Crippen LogP contribution in [0.2, 0.25) is 0 Å². The number of carboxylic acids is 1. The Hall–Kier alpha value is -1.32. The molecule has 0 spiro atoms. The van der Waals surface area contributed by atoms with E-state index in [4.69, 9.17) is 0 Å². The van der Waals surface area contributed by atoms with Gasteiger partial charge in [-0.2, -0.15) is 0 Å². The molecular formula is C8H11N2O2-. The molecule has 0 amide bonds. The minimum atomic E-state index is -1.02. The van der Waals surface area contributed by atoms with Crippen molar-refractivity contribution < 1.29 is 9.90 Å². The third kappa shape index (κ3) is 2.08. The van der Waals surface area contributed by atoms with Gasteiger partial charge in [0.25, 0.3) is 0 Å². The molecule has 1 rings (SSSR count). The molecular weight excluding hydrogens is 156 g/mol. The average molecular weight is 167 g/mol. The van der Waals surface area contributed by atoms with Gasteiger partial charge >= 0.3 is 0 Å². The number of aromatic nitrogens is 2. The summed E-state index contributed by atoms with van der Waals surface area (Å²) in [6, 6.07) is 0. The number of hydrogen-bond acceptors (Lipinski definition) is 3. The fraction of sp³-hybridized carbons (Fsp3) is 0.500. The van der Waals surface area contributed by atoms with E-state index in [1.807, 2.05) is 11.5 Å². The third-order valence-electron chi connectivity index (χ3n) is 1.67. The van der Waals surface area contributed by atoms with Crippen molar-refractivity contribution in [3.8, 4) is 0 Å². The first-order chi connectivity index (χ1) is 5.74. The molecule has 0 unspecified atom stereocenters. The molecule has 1 aromatic heterocycles. The second kappa shape index (κ2) is 3.90. The Morgan fingerprint density at radius 2 is 2.50 bits per heavy atom. The van der Waals surface area contributed by atoms with E-state index in [9.17, 15) is 9.90 Å². The first-order valence-electron chi connectivity index (χ1n) is 3.94. The topological polar surface area (TPSA) is 58.0 Å². The number of imidazole rings is 1.